The molecule has 0 amide bonds. The van der Waals surface area contributed by atoms with Gasteiger partial charge in [0, 0.05) is 18.4 Å². The lowest BCUT2D eigenvalue weighted by molar-refractivity contribution is -0.0188. The van der Waals surface area contributed by atoms with Crippen LogP contribution < -0.4 is 4.74 Å². The van der Waals surface area contributed by atoms with Crippen molar-refractivity contribution in [2.75, 3.05) is 0 Å². The van der Waals surface area contributed by atoms with Gasteiger partial charge in [-0.05, 0) is 23.8 Å². The lowest BCUT2D eigenvalue weighted by Gasteiger charge is -2.37. The van der Waals surface area contributed by atoms with Crippen LogP contribution >= 0.6 is 0 Å². The molecule has 0 spiro atoms. The van der Waals surface area contributed by atoms with Crippen molar-refractivity contribution in [3.8, 4) is 5.75 Å². The van der Waals surface area contributed by atoms with E-state index < -0.39 is 0 Å². The van der Waals surface area contributed by atoms with Gasteiger partial charge in [0.2, 0.25) is 0 Å². The van der Waals surface area contributed by atoms with Crippen LogP contribution in [0.2, 0.25) is 0 Å². The Kier molecular flexibility index (Phi) is 3.10. The molecule has 0 radical (unpaired) electrons. The smallest absolute Gasteiger partial charge is 0.187 e. The van der Waals surface area contributed by atoms with Crippen molar-refractivity contribution in [2.24, 2.45) is 5.10 Å². The summed E-state index contributed by atoms with van der Waals surface area (Å²) in [7, 11) is 0. The van der Waals surface area contributed by atoms with E-state index in [2.05, 4.69) is 18.0 Å². The highest BCUT2D eigenvalue weighted by Crippen LogP contribution is 2.43. The van der Waals surface area contributed by atoms with E-state index >= 15 is 0 Å². The Morgan fingerprint density at radius 3 is 2.73 bits per heavy atom. The van der Waals surface area contributed by atoms with Crippen LogP contribution in [0.4, 0.5) is 4.39 Å². The summed E-state index contributed by atoms with van der Waals surface area (Å²) in [5, 5.41) is 6.82. The Hall–Kier alpha value is -2.36. The van der Waals surface area contributed by atoms with E-state index in [1.165, 1.54) is 17.7 Å². The number of fused-ring (bicyclic) bond motifs is 3. The predicted molar refractivity (Wildman–Crippen MR) is 83.3 cm³/mol. The molecule has 0 bridgehead atoms. The van der Waals surface area contributed by atoms with Gasteiger partial charge in [-0.25, -0.2) is 4.39 Å². The fraction of sp³-hybridized carbons (Fsp3) is 0.278. The maximum Gasteiger partial charge on any atom is 0.187 e. The third-order valence-corrected chi connectivity index (χ3v) is 4.30. The number of hydrazone groups is 1. The van der Waals surface area contributed by atoms with Crippen LogP contribution in [0.1, 0.15) is 36.9 Å². The summed E-state index contributed by atoms with van der Waals surface area (Å²) < 4.78 is 19.2. The number of hydrogen-bond donors (Lipinski definition) is 0. The standard InChI is InChI=1S/C18H17FN2O/c1-2-18-21-16(14-5-3-4-6-17(14)22-18)11-15(20-21)12-7-9-13(19)10-8-12/h3-10,16,18H,2,11H2,1H3/t16-,18-/m0/s1. The molecule has 4 heteroatoms. The molecule has 22 heavy (non-hydrogen) atoms. The maximum absolute atomic E-state index is 13.1. The van der Waals surface area contributed by atoms with E-state index in [4.69, 9.17) is 9.84 Å². The van der Waals surface area contributed by atoms with Gasteiger partial charge in [0.25, 0.3) is 0 Å². The molecule has 112 valence electrons. The summed E-state index contributed by atoms with van der Waals surface area (Å²) >= 11 is 0. The SMILES string of the molecule is CC[C@@H]1Oc2ccccc2[C@@H]2CC(c3ccc(F)cc3)=NN12. The lowest BCUT2D eigenvalue weighted by atomic mass is 9.96. The fourth-order valence-electron chi connectivity index (χ4n) is 3.20. The normalized spacial score (nSPS) is 22.6. The average molecular weight is 296 g/mol. The van der Waals surface area contributed by atoms with Crippen LogP contribution in [0.5, 0.6) is 5.75 Å². The molecule has 2 aliphatic rings. The number of nitrogens with zero attached hydrogens (tertiary/aromatic N) is 2. The van der Waals surface area contributed by atoms with Gasteiger partial charge in [-0.2, -0.15) is 5.10 Å². The minimum Gasteiger partial charge on any atom is -0.469 e. The summed E-state index contributed by atoms with van der Waals surface area (Å²) in [5.74, 6) is 0.728. The highest BCUT2D eigenvalue weighted by atomic mass is 19.1. The second kappa shape index (κ2) is 5.13. The van der Waals surface area contributed by atoms with Gasteiger partial charge < -0.3 is 4.74 Å². The third-order valence-electron chi connectivity index (χ3n) is 4.30. The zero-order valence-corrected chi connectivity index (χ0v) is 12.4. The summed E-state index contributed by atoms with van der Waals surface area (Å²) in [4.78, 5) is 0. The number of ether oxygens (including phenoxy) is 1. The van der Waals surface area contributed by atoms with Crippen molar-refractivity contribution in [3.63, 3.8) is 0 Å². The van der Waals surface area contributed by atoms with E-state index in [0.717, 1.165) is 29.9 Å². The zero-order valence-electron chi connectivity index (χ0n) is 12.4. The minimum atomic E-state index is -0.222. The van der Waals surface area contributed by atoms with Crippen molar-refractivity contribution < 1.29 is 9.13 Å². The third kappa shape index (κ3) is 2.06. The highest BCUT2D eigenvalue weighted by Gasteiger charge is 2.39. The number of halogens is 1. The van der Waals surface area contributed by atoms with Crippen molar-refractivity contribution in [2.45, 2.75) is 32.0 Å². The van der Waals surface area contributed by atoms with Crippen LogP contribution in [0.15, 0.2) is 53.6 Å². The second-order valence-corrected chi connectivity index (χ2v) is 5.67. The minimum absolute atomic E-state index is 0.0437. The van der Waals surface area contributed by atoms with Crippen LogP contribution in [0.25, 0.3) is 0 Å². The van der Waals surface area contributed by atoms with Crippen LogP contribution in [0, 0.1) is 5.82 Å². The van der Waals surface area contributed by atoms with Gasteiger partial charge in [0.15, 0.2) is 6.23 Å². The van der Waals surface area contributed by atoms with Gasteiger partial charge in [-0.1, -0.05) is 37.3 Å². The zero-order chi connectivity index (χ0) is 15.1. The summed E-state index contributed by atoms with van der Waals surface area (Å²) in [5.41, 5.74) is 3.14. The van der Waals surface area contributed by atoms with E-state index in [1.54, 1.807) is 12.1 Å². The second-order valence-electron chi connectivity index (χ2n) is 5.67. The largest absolute Gasteiger partial charge is 0.469 e. The molecule has 0 saturated heterocycles. The summed E-state index contributed by atoms with van der Waals surface area (Å²) in [6.45, 7) is 2.10. The molecule has 0 fully saturated rings. The van der Waals surface area contributed by atoms with E-state index in [-0.39, 0.29) is 18.1 Å². The summed E-state index contributed by atoms with van der Waals surface area (Å²) in [6.07, 6.45) is 1.64. The molecule has 2 aliphatic heterocycles. The molecule has 2 heterocycles. The number of hydrogen-bond acceptors (Lipinski definition) is 3. The molecular formula is C18H17FN2O. The first kappa shape index (κ1) is 13.3. The first-order chi connectivity index (χ1) is 10.8. The molecule has 3 nitrogen and oxygen atoms in total. The number of para-hydroxylation sites is 1. The number of benzene rings is 2. The van der Waals surface area contributed by atoms with E-state index in [0.29, 0.717) is 0 Å². The molecule has 2 aromatic carbocycles. The van der Waals surface area contributed by atoms with Crippen molar-refractivity contribution in [3.05, 3.63) is 65.5 Å². The Morgan fingerprint density at radius 1 is 1.18 bits per heavy atom. The van der Waals surface area contributed by atoms with E-state index in [9.17, 15) is 4.39 Å². The molecule has 0 unspecified atom stereocenters. The average Bonchev–Trinajstić information content (AvgIpc) is 3.00. The summed E-state index contributed by atoms with van der Waals surface area (Å²) in [6, 6.07) is 14.9. The maximum atomic E-state index is 13.1. The Morgan fingerprint density at radius 2 is 1.95 bits per heavy atom. The van der Waals surface area contributed by atoms with Gasteiger partial charge in [0.05, 0.1) is 11.8 Å². The Bertz CT molecular complexity index is 726. The van der Waals surface area contributed by atoms with Gasteiger partial charge >= 0.3 is 0 Å². The molecule has 0 N–H and O–H groups in total. The van der Waals surface area contributed by atoms with E-state index in [1.807, 2.05) is 18.2 Å². The lowest BCUT2D eigenvalue weighted by Crippen LogP contribution is -2.39. The van der Waals surface area contributed by atoms with Gasteiger partial charge in [-0.15, -0.1) is 0 Å². The first-order valence-corrected chi connectivity index (χ1v) is 7.63. The van der Waals surface area contributed by atoms with Crippen molar-refractivity contribution in [1.29, 1.82) is 0 Å². The van der Waals surface area contributed by atoms with Gasteiger partial charge in [-0.3, -0.25) is 5.01 Å². The molecule has 0 aromatic heterocycles. The van der Waals surface area contributed by atoms with Crippen LogP contribution in [0.3, 0.4) is 0 Å². The first-order valence-electron chi connectivity index (χ1n) is 7.63. The van der Waals surface area contributed by atoms with Gasteiger partial charge in [0.1, 0.15) is 11.6 Å². The molecule has 4 rings (SSSR count). The topological polar surface area (TPSA) is 24.8 Å². The quantitative estimate of drug-likeness (QED) is 0.833. The fourth-order valence-corrected chi connectivity index (χ4v) is 3.20. The predicted octanol–water partition coefficient (Wildman–Crippen LogP) is 4.11. The van der Waals surface area contributed by atoms with Crippen molar-refractivity contribution >= 4 is 5.71 Å². The van der Waals surface area contributed by atoms with Crippen LogP contribution in [-0.4, -0.2) is 16.9 Å². The molecule has 2 aromatic rings. The van der Waals surface area contributed by atoms with Crippen molar-refractivity contribution in [1.82, 2.24) is 5.01 Å². The highest BCUT2D eigenvalue weighted by molar-refractivity contribution is 6.01. The monoisotopic (exact) mass is 296 g/mol. The Labute approximate surface area is 129 Å². The molecule has 0 aliphatic carbocycles. The molecule has 2 atom stereocenters. The molecular weight excluding hydrogens is 279 g/mol. The Balaban J connectivity index is 1.72. The van der Waals surface area contributed by atoms with Crippen LogP contribution in [-0.2, 0) is 0 Å². The number of rotatable bonds is 2. The molecule has 0 saturated carbocycles.